The maximum Gasteiger partial charge on any atom is 0.163 e. The number of carbonyl (C=O) groups is 2. The van der Waals surface area contributed by atoms with E-state index in [1.807, 2.05) is 13.8 Å². The van der Waals surface area contributed by atoms with E-state index < -0.39 is 0 Å². The Morgan fingerprint density at radius 3 is 2.00 bits per heavy atom. The lowest BCUT2D eigenvalue weighted by Crippen LogP contribution is -2.10. The van der Waals surface area contributed by atoms with E-state index in [-0.39, 0.29) is 23.1 Å². The van der Waals surface area contributed by atoms with E-state index in [0.29, 0.717) is 66.2 Å². The largest absolute Gasteiger partial charge is 0.508 e. The molecule has 0 aromatic heterocycles. The summed E-state index contributed by atoms with van der Waals surface area (Å²) in [6.07, 6.45) is 3.37. The molecule has 0 aliphatic rings. The molecule has 0 fully saturated rings. The second-order valence-corrected chi connectivity index (χ2v) is 7.54. The van der Waals surface area contributed by atoms with E-state index in [9.17, 15) is 19.8 Å². The molecule has 0 saturated heterocycles. The highest BCUT2D eigenvalue weighted by Crippen LogP contribution is 2.34. The van der Waals surface area contributed by atoms with Crippen molar-refractivity contribution >= 4 is 11.6 Å². The van der Waals surface area contributed by atoms with E-state index in [1.54, 1.807) is 18.2 Å². The van der Waals surface area contributed by atoms with E-state index in [1.165, 1.54) is 19.9 Å². The Kier molecular flexibility index (Phi) is 8.91. The molecule has 0 heterocycles. The highest BCUT2D eigenvalue weighted by molar-refractivity contribution is 5.98. The number of rotatable bonds is 12. The van der Waals surface area contributed by atoms with Crippen LogP contribution in [0, 0.1) is 0 Å². The summed E-state index contributed by atoms with van der Waals surface area (Å²) in [5, 5.41) is 20.6. The lowest BCUT2D eigenvalue weighted by atomic mass is 10.0. The predicted octanol–water partition coefficient (Wildman–Crippen LogP) is 5.26. The summed E-state index contributed by atoms with van der Waals surface area (Å²) in [6.45, 7) is 7.54. The van der Waals surface area contributed by atoms with Crippen molar-refractivity contribution in [1.29, 1.82) is 0 Å². The molecular formula is C25H32O6. The number of phenols is 2. The molecule has 0 aliphatic carbocycles. The van der Waals surface area contributed by atoms with Crippen LogP contribution in [0.15, 0.2) is 24.3 Å². The molecule has 0 unspecified atom stereocenters. The normalized spacial score (nSPS) is 10.7. The summed E-state index contributed by atoms with van der Waals surface area (Å²) < 4.78 is 11.8. The van der Waals surface area contributed by atoms with Crippen LogP contribution in [0.1, 0.15) is 78.8 Å². The molecule has 0 saturated carbocycles. The second-order valence-electron chi connectivity index (χ2n) is 7.54. The van der Waals surface area contributed by atoms with Crippen LogP contribution < -0.4 is 9.47 Å². The smallest absolute Gasteiger partial charge is 0.163 e. The number of Topliss-reactive ketones (excluding diaryl/α,β-unsaturated/α-hetero) is 2. The highest BCUT2D eigenvalue weighted by atomic mass is 16.5. The zero-order chi connectivity index (χ0) is 23.0. The van der Waals surface area contributed by atoms with E-state index in [2.05, 4.69) is 0 Å². The lowest BCUT2D eigenvalue weighted by Gasteiger charge is -2.17. The predicted molar refractivity (Wildman–Crippen MR) is 120 cm³/mol. The van der Waals surface area contributed by atoms with E-state index in [0.717, 1.165) is 12.8 Å². The molecule has 2 N–H and O–H groups in total. The molecule has 0 spiro atoms. The average molecular weight is 429 g/mol. The fourth-order valence-electron chi connectivity index (χ4n) is 3.50. The van der Waals surface area contributed by atoms with Crippen LogP contribution in [0.3, 0.4) is 0 Å². The van der Waals surface area contributed by atoms with Gasteiger partial charge in [0.25, 0.3) is 0 Å². The Labute approximate surface area is 183 Å². The fraction of sp³-hybridized carbons (Fsp3) is 0.440. The first kappa shape index (κ1) is 24.3. The standard InChI is InChI=1S/C25H32O6/c1-5-8-20-22(28)12-10-19(17(4)27)25(20)31-15-7-14-30-23-13-11-18(16(3)26)24(29)21(23)9-6-2/h10-13,28-29H,5-9,14-15H2,1-4H3. The molecule has 0 atom stereocenters. The van der Waals surface area contributed by atoms with Crippen molar-refractivity contribution in [3.63, 3.8) is 0 Å². The van der Waals surface area contributed by atoms with Gasteiger partial charge in [0.05, 0.1) is 24.3 Å². The van der Waals surface area contributed by atoms with Crippen molar-refractivity contribution in [3.8, 4) is 23.0 Å². The zero-order valence-corrected chi connectivity index (χ0v) is 18.8. The number of benzene rings is 2. The molecule has 0 amide bonds. The van der Waals surface area contributed by atoms with E-state index >= 15 is 0 Å². The number of ether oxygens (including phenoxy) is 2. The van der Waals surface area contributed by atoms with Gasteiger partial charge in [-0.3, -0.25) is 9.59 Å². The van der Waals surface area contributed by atoms with E-state index in [4.69, 9.17) is 9.47 Å². The van der Waals surface area contributed by atoms with Crippen LogP contribution in [0.2, 0.25) is 0 Å². The highest BCUT2D eigenvalue weighted by Gasteiger charge is 2.18. The average Bonchev–Trinajstić information content (AvgIpc) is 2.71. The summed E-state index contributed by atoms with van der Waals surface area (Å²) in [6, 6.07) is 6.40. The topological polar surface area (TPSA) is 93.1 Å². The fourth-order valence-corrected chi connectivity index (χ4v) is 3.50. The van der Waals surface area contributed by atoms with Crippen LogP contribution in [0.5, 0.6) is 23.0 Å². The van der Waals surface area contributed by atoms with Gasteiger partial charge in [0, 0.05) is 17.5 Å². The van der Waals surface area contributed by atoms with Crippen LogP contribution >= 0.6 is 0 Å². The van der Waals surface area contributed by atoms with Crippen LogP contribution in [-0.4, -0.2) is 35.0 Å². The molecule has 2 rings (SSSR count). The van der Waals surface area contributed by atoms with Gasteiger partial charge in [-0.1, -0.05) is 26.7 Å². The van der Waals surface area contributed by atoms with Gasteiger partial charge in [-0.25, -0.2) is 0 Å². The Morgan fingerprint density at radius 2 is 1.39 bits per heavy atom. The van der Waals surface area contributed by atoms with Crippen molar-refractivity contribution in [2.75, 3.05) is 13.2 Å². The van der Waals surface area contributed by atoms with Crippen molar-refractivity contribution in [2.24, 2.45) is 0 Å². The molecule has 0 bridgehead atoms. The molecule has 6 heteroatoms. The minimum absolute atomic E-state index is 0.0156. The van der Waals surface area contributed by atoms with Gasteiger partial charge in [0.1, 0.15) is 23.0 Å². The number of aromatic hydroxyl groups is 2. The molecule has 6 nitrogen and oxygen atoms in total. The Balaban J connectivity index is 2.06. The molecule has 0 aliphatic heterocycles. The monoisotopic (exact) mass is 428 g/mol. The van der Waals surface area contributed by atoms with Crippen molar-refractivity contribution in [3.05, 3.63) is 46.5 Å². The van der Waals surface area contributed by atoms with Crippen molar-refractivity contribution < 1.29 is 29.3 Å². The maximum atomic E-state index is 12.0. The quantitative estimate of drug-likeness (QED) is 0.354. The lowest BCUT2D eigenvalue weighted by molar-refractivity contribution is 0.100. The first-order valence-electron chi connectivity index (χ1n) is 10.8. The first-order chi connectivity index (χ1) is 14.8. The summed E-state index contributed by atoms with van der Waals surface area (Å²) in [5.41, 5.74) is 2.03. The number of hydrogen-bond donors (Lipinski definition) is 2. The SMILES string of the molecule is CCCc1c(OCCCOc2c(C(C)=O)ccc(O)c2CCC)ccc(C(C)=O)c1O. The van der Waals surface area contributed by atoms with Gasteiger partial charge in [0.2, 0.25) is 0 Å². The van der Waals surface area contributed by atoms with Crippen molar-refractivity contribution in [1.82, 2.24) is 0 Å². The molecule has 31 heavy (non-hydrogen) atoms. The van der Waals surface area contributed by atoms with Gasteiger partial charge in [-0.15, -0.1) is 0 Å². The number of ketones is 2. The second kappa shape index (κ2) is 11.4. The third-order valence-corrected chi connectivity index (χ3v) is 5.03. The number of carbonyl (C=O) groups excluding carboxylic acids is 2. The molecule has 168 valence electrons. The van der Waals surface area contributed by atoms with Crippen molar-refractivity contribution in [2.45, 2.75) is 59.8 Å². The van der Waals surface area contributed by atoms with Gasteiger partial charge in [-0.05, 0) is 51.0 Å². The van der Waals surface area contributed by atoms with Gasteiger partial charge >= 0.3 is 0 Å². The summed E-state index contributed by atoms with van der Waals surface area (Å²) in [4.78, 5) is 23.7. The summed E-state index contributed by atoms with van der Waals surface area (Å²) in [7, 11) is 0. The third-order valence-electron chi connectivity index (χ3n) is 5.03. The first-order valence-corrected chi connectivity index (χ1v) is 10.8. The summed E-state index contributed by atoms with van der Waals surface area (Å²) in [5.74, 6) is 0.794. The number of phenolic OH excluding ortho intramolecular Hbond substituents is 2. The maximum absolute atomic E-state index is 12.0. The summed E-state index contributed by atoms with van der Waals surface area (Å²) >= 11 is 0. The van der Waals surface area contributed by atoms with Crippen LogP contribution in [-0.2, 0) is 12.8 Å². The van der Waals surface area contributed by atoms with Gasteiger partial charge in [0.15, 0.2) is 11.6 Å². The molecule has 2 aromatic rings. The zero-order valence-electron chi connectivity index (χ0n) is 18.8. The van der Waals surface area contributed by atoms with Crippen LogP contribution in [0.25, 0.3) is 0 Å². The van der Waals surface area contributed by atoms with Gasteiger partial charge < -0.3 is 19.7 Å². The molecular weight excluding hydrogens is 396 g/mol. The number of hydrogen-bond acceptors (Lipinski definition) is 6. The Bertz CT molecular complexity index is 932. The molecule has 0 radical (unpaired) electrons. The Morgan fingerprint density at radius 1 is 0.806 bits per heavy atom. The Hall–Kier alpha value is -3.02. The minimum atomic E-state index is -0.190. The third kappa shape index (κ3) is 6.00. The van der Waals surface area contributed by atoms with Crippen LogP contribution in [0.4, 0.5) is 0 Å². The molecule has 2 aromatic carbocycles. The minimum Gasteiger partial charge on any atom is -0.508 e. The van der Waals surface area contributed by atoms with Gasteiger partial charge in [-0.2, -0.15) is 0 Å².